The average molecular weight is 268 g/mol. The zero-order valence-corrected chi connectivity index (χ0v) is 9.97. The van der Waals surface area contributed by atoms with Crippen molar-refractivity contribution in [3.63, 3.8) is 0 Å². The molecule has 96 valence electrons. The van der Waals surface area contributed by atoms with Gasteiger partial charge in [0.05, 0.1) is 5.25 Å². The first-order valence-corrected chi connectivity index (χ1v) is 6.28. The molecule has 1 aromatic carbocycles. The average Bonchev–Trinajstić information content (AvgIpc) is 2.15. The maximum absolute atomic E-state index is 12.1. The second-order valence-corrected chi connectivity index (χ2v) is 6.06. The van der Waals surface area contributed by atoms with Crippen molar-refractivity contribution < 1.29 is 26.3 Å². The Kier molecular flexibility index (Phi) is 3.71. The first kappa shape index (κ1) is 13.8. The lowest BCUT2D eigenvalue weighted by atomic mass is 10.3. The monoisotopic (exact) mass is 268 g/mol. The predicted octanol–water partition coefficient (Wildman–Crippen LogP) is 2.77. The van der Waals surface area contributed by atoms with Gasteiger partial charge in [-0.15, -0.1) is 13.2 Å². The molecule has 0 aliphatic carbocycles. The standard InChI is InChI=1S/C10H11F3O3S/c1-7(2)17(14,15)9-6-4-3-5-8(9)16-10(11,12)13/h3-7H,1-2H3. The van der Waals surface area contributed by atoms with E-state index in [2.05, 4.69) is 4.74 Å². The minimum atomic E-state index is -4.91. The summed E-state index contributed by atoms with van der Waals surface area (Å²) >= 11 is 0. The third-order valence-corrected chi connectivity index (χ3v) is 4.19. The Hall–Kier alpha value is -1.24. The number of hydrogen-bond acceptors (Lipinski definition) is 3. The van der Waals surface area contributed by atoms with E-state index in [1.54, 1.807) is 0 Å². The summed E-state index contributed by atoms with van der Waals surface area (Å²) in [5.41, 5.74) is 0. The Morgan fingerprint density at radius 2 is 1.71 bits per heavy atom. The topological polar surface area (TPSA) is 43.4 Å². The molecule has 0 unspecified atom stereocenters. The maximum atomic E-state index is 12.1. The molecule has 0 aromatic heterocycles. The molecule has 0 heterocycles. The molecule has 0 saturated heterocycles. The molecule has 0 fully saturated rings. The summed E-state index contributed by atoms with van der Waals surface area (Å²) in [6.07, 6.45) is -4.91. The van der Waals surface area contributed by atoms with Gasteiger partial charge in [-0.1, -0.05) is 12.1 Å². The van der Waals surface area contributed by atoms with Crippen LogP contribution < -0.4 is 4.74 Å². The van der Waals surface area contributed by atoms with Gasteiger partial charge in [-0.2, -0.15) is 0 Å². The molecular formula is C10H11F3O3S. The number of alkyl halides is 3. The summed E-state index contributed by atoms with van der Waals surface area (Å²) in [6.45, 7) is 2.78. The highest BCUT2D eigenvalue weighted by Crippen LogP contribution is 2.31. The Morgan fingerprint density at radius 3 is 2.18 bits per heavy atom. The lowest BCUT2D eigenvalue weighted by Crippen LogP contribution is -2.21. The number of sulfone groups is 1. The van der Waals surface area contributed by atoms with Gasteiger partial charge in [0, 0.05) is 0 Å². The van der Waals surface area contributed by atoms with E-state index >= 15 is 0 Å². The second kappa shape index (κ2) is 4.56. The molecular weight excluding hydrogens is 257 g/mol. The van der Waals surface area contributed by atoms with Crippen LogP contribution in [0.1, 0.15) is 13.8 Å². The Bertz CT molecular complexity index is 492. The minimum absolute atomic E-state index is 0.452. The summed E-state index contributed by atoms with van der Waals surface area (Å²) in [7, 11) is -3.80. The SMILES string of the molecule is CC(C)S(=O)(=O)c1ccccc1OC(F)(F)F. The van der Waals surface area contributed by atoms with Crippen LogP contribution in [-0.4, -0.2) is 20.0 Å². The molecule has 1 rings (SSSR count). The van der Waals surface area contributed by atoms with Crippen LogP contribution in [0.4, 0.5) is 13.2 Å². The van der Waals surface area contributed by atoms with Crippen molar-refractivity contribution in [2.45, 2.75) is 30.4 Å². The molecule has 0 spiro atoms. The molecule has 3 nitrogen and oxygen atoms in total. The smallest absolute Gasteiger partial charge is 0.404 e. The number of rotatable bonds is 3. The summed E-state index contributed by atoms with van der Waals surface area (Å²) < 4.78 is 63.6. The van der Waals surface area contributed by atoms with E-state index in [0.717, 1.165) is 12.1 Å². The number of ether oxygens (including phenoxy) is 1. The first-order chi connectivity index (χ1) is 7.64. The van der Waals surface area contributed by atoms with Crippen LogP contribution in [0.3, 0.4) is 0 Å². The third kappa shape index (κ3) is 3.36. The molecule has 7 heteroatoms. The molecule has 0 saturated carbocycles. The van der Waals surface area contributed by atoms with E-state index in [4.69, 9.17) is 0 Å². The van der Waals surface area contributed by atoms with Gasteiger partial charge in [-0.3, -0.25) is 0 Å². The van der Waals surface area contributed by atoms with Crippen molar-refractivity contribution in [1.82, 2.24) is 0 Å². The number of halogens is 3. The molecule has 0 N–H and O–H groups in total. The van der Waals surface area contributed by atoms with Crippen molar-refractivity contribution in [2.75, 3.05) is 0 Å². The van der Waals surface area contributed by atoms with E-state index in [-0.39, 0.29) is 0 Å². The number of para-hydroxylation sites is 1. The van der Waals surface area contributed by atoms with Gasteiger partial charge in [0.2, 0.25) is 0 Å². The summed E-state index contributed by atoms with van der Waals surface area (Å²) in [4.78, 5) is -0.452. The molecule has 17 heavy (non-hydrogen) atoms. The van der Waals surface area contributed by atoms with Crippen LogP contribution in [0.15, 0.2) is 29.2 Å². The van der Waals surface area contributed by atoms with Crippen LogP contribution in [0.5, 0.6) is 5.75 Å². The van der Waals surface area contributed by atoms with Crippen molar-refractivity contribution in [1.29, 1.82) is 0 Å². The molecule has 0 aliphatic heterocycles. The molecule has 0 bridgehead atoms. The molecule has 0 radical (unpaired) electrons. The number of benzene rings is 1. The highest BCUT2D eigenvalue weighted by atomic mass is 32.2. The van der Waals surface area contributed by atoms with Gasteiger partial charge in [0.25, 0.3) is 0 Å². The van der Waals surface area contributed by atoms with Crippen molar-refractivity contribution in [3.8, 4) is 5.75 Å². The Morgan fingerprint density at radius 1 is 1.18 bits per heavy atom. The third-order valence-electron chi connectivity index (χ3n) is 2.00. The first-order valence-electron chi connectivity index (χ1n) is 4.73. The van der Waals surface area contributed by atoms with Gasteiger partial charge in [0.1, 0.15) is 10.6 Å². The largest absolute Gasteiger partial charge is 0.573 e. The van der Waals surface area contributed by atoms with E-state index in [1.807, 2.05) is 0 Å². The minimum Gasteiger partial charge on any atom is -0.404 e. The van der Waals surface area contributed by atoms with Crippen LogP contribution in [0, 0.1) is 0 Å². The van der Waals surface area contributed by atoms with Gasteiger partial charge in [-0.05, 0) is 26.0 Å². The van der Waals surface area contributed by atoms with Crippen LogP contribution in [-0.2, 0) is 9.84 Å². The highest BCUT2D eigenvalue weighted by molar-refractivity contribution is 7.92. The lowest BCUT2D eigenvalue weighted by molar-refractivity contribution is -0.275. The zero-order valence-electron chi connectivity index (χ0n) is 9.15. The van der Waals surface area contributed by atoms with Crippen LogP contribution in [0.2, 0.25) is 0 Å². The zero-order chi connectivity index (χ0) is 13.3. The molecule has 1 aromatic rings. The Balaban J connectivity index is 3.27. The molecule has 0 atom stereocenters. The molecule has 0 amide bonds. The highest BCUT2D eigenvalue weighted by Gasteiger charge is 2.34. The van der Waals surface area contributed by atoms with Gasteiger partial charge < -0.3 is 4.74 Å². The second-order valence-electron chi connectivity index (χ2n) is 3.59. The van der Waals surface area contributed by atoms with E-state index in [9.17, 15) is 21.6 Å². The Labute approximate surface area is 97.1 Å². The van der Waals surface area contributed by atoms with E-state index in [0.29, 0.717) is 0 Å². The maximum Gasteiger partial charge on any atom is 0.573 e. The van der Waals surface area contributed by atoms with Crippen LogP contribution >= 0.6 is 0 Å². The quantitative estimate of drug-likeness (QED) is 0.846. The lowest BCUT2D eigenvalue weighted by Gasteiger charge is -2.14. The summed E-state index contributed by atoms with van der Waals surface area (Å²) in [5.74, 6) is -0.700. The normalized spacial score (nSPS) is 12.8. The van der Waals surface area contributed by atoms with E-state index in [1.165, 1.54) is 26.0 Å². The van der Waals surface area contributed by atoms with Gasteiger partial charge in [-0.25, -0.2) is 8.42 Å². The van der Waals surface area contributed by atoms with E-state index < -0.39 is 32.1 Å². The summed E-state index contributed by atoms with van der Waals surface area (Å²) in [5, 5.41) is -0.819. The summed E-state index contributed by atoms with van der Waals surface area (Å²) in [6, 6.07) is 4.69. The van der Waals surface area contributed by atoms with Crippen molar-refractivity contribution in [2.24, 2.45) is 0 Å². The van der Waals surface area contributed by atoms with Gasteiger partial charge in [0.15, 0.2) is 9.84 Å². The molecule has 0 aliphatic rings. The van der Waals surface area contributed by atoms with Crippen molar-refractivity contribution >= 4 is 9.84 Å². The number of hydrogen-bond donors (Lipinski definition) is 0. The van der Waals surface area contributed by atoms with Crippen LogP contribution in [0.25, 0.3) is 0 Å². The predicted molar refractivity (Wildman–Crippen MR) is 55.4 cm³/mol. The fourth-order valence-corrected chi connectivity index (χ4v) is 2.31. The fraction of sp³-hybridized carbons (Fsp3) is 0.400. The van der Waals surface area contributed by atoms with Crippen molar-refractivity contribution in [3.05, 3.63) is 24.3 Å². The van der Waals surface area contributed by atoms with Gasteiger partial charge >= 0.3 is 6.36 Å². The fourth-order valence-electron chi connectivity index (χ4n) is 1.15.